The SMILES string of the molecule is CCSc1cc(Br)ccc1CNC(C)C. The Morgan fingerprint density at radius 3 is 2.73 bits per heavy atom. The van der Waals surface area contributed by atoms with Crippen LogP contribution in [0.3, 0.4) is 0 Å². The molecule has 0 aromatic heterocycles. The second-order valence-corrected chi connectivity index (χ2v) is 5.94. The molecule has 0 heterocycles. The highest BCUT2D eigenvalue weighted by Gasteiger charge is 2.03. The smallest absolute Gasteiger partial charge is 0.0218 e. The van der Waals surface area contributed by atoms with Gasteiger partial charge >= 0.3 is 0 Å². The summed E-state index contributed by atoms with van der Waals surface area (Å²) in [5.74, 6) is 1.12. The van der Waals surface area contributed by atoms with Crippen LogP contribution in [0.15, 0.2) is 27.6 Å². The number of thioether (sulfide) groups is 1. The highest BCUT2D eigenvalue weighted by Crippen LogP contribution is 2.26. The van der Waals surface area contributed by atoms with E-state index in [1.54, 1.807) is 0 Å². The molecule has 1 aromatic rings. The minimum atomic E-state index is 0.535. The summed E-state index contributed by atoms with van der Waals surface area (Å²) in [4.78, 5) is 1.38. The van der Waals surface area contributed by atoms with E-state index in [1.807, 2.05) is 11.8 Å². The second kappa shape index (κ2) is 6.56. The van der Waals surface area contributed by atoms with E-state index in [0.717, 1.165) is 16.8 Å². The molecule has 1 N–H and O–H groups in total. The minimum absolute atomic E-state index is 0.535. The van der Waals surface area contributed by atoms with Crippen LogP contribution in [0.5, 0.6) is 0 Å². The molecule has 1 nitrogen and oxygen atoms in total. The van der Waals surface area contributed by atoms with Gasteiger partial charge in [0.05, 0.1) is 0 Å². The fourth-order valence-electron chi connectivity index (χ4n) is 1.28. The third-order valence-corrected chi connectivity index (χ3v) is 3.50. The van der Waals surface area contributed by atoms with E-state index in [0.29, 0.717) is 6.04 Å². The number of benzene rings is 1. The summed E-state index contributed by atoms with van der Waals surface area (Å²) in [5, 5.41) is 3.45. The van der Waals surface area contributed by atoms with E-state index < -0.39 is 0 Å². The van der Waals surface area contributed by atoms with Gasteiger partial charge in [0.15, 0.2) is 0 Å². The molecule has 84 valence electrons. The molecule has 0 aliphatic carbocycles. The van der Waals surface area contributed by atoms with E-state index in [2.05, 4.69) is 60.2 Å². The summed E-state index contributed by atoms with van der Waals surface area (Å²) in [6, 6.07) is 7.04. The zero-order valence-electron chi connectivity index (χ0n) is 9.51. The molecule has 0 saturated heterocycles. The standard InChI is InChI=1S/C12H18BrNS/c1-4-15-12-7-11(13)6-5-10(12)8-14-9(2)3/h5-7,9,14H,4,8H2,1-3H3. The van der Waals surface area contributed by atoms with E-state index in [4.69, 9.17) is 0 Å². The number of hydrogen-bond acceptors (Lipinski definition) is 2. The Bertz CT molecular complexity index is 312. The van der Waals surface area contributed by atoms with Gasteiger partial charge in [0.1, 0.15) is 0 Å². The van der Waals surface area contributed by atoms with Gasteiger partial charge in [-0.3, -0.25) is 0 Å². The van der Waals surface area contributed by atoms with Crippen LogP contribution in [0, 0.1) is 0 Å². The lowest BCUT2D eigenvalue weighted by atomic mass is 10.2. The third-order valence-electron chi connectivity index (χ3n) is 2.03. The molecule has 0 spiro atoms. The minimum Gasteiger partial charge on any atom is -0.310 e. The fraction of sp³-hybridized carbons (Fsp3) is 0.500. The Morgan fingerprint density at radius 2 is 2.13 bits per heavy atom. The Labute approximate surface area is 105 Å². The van der Waals surface area contributed by atoms with E-state index in [-0.39, 0.29) is 0 Å². The third kappa shape index (κ3) is 4.58. The normalized spacial score (nSPS) is 11.0. The molecule has 0 amide bonds. The zero-order valence-corrected chi connectivity index (χ0v) is 11.9. The molecular weight excluding hydrogens is 270 g/mol. The number of hydrogen-bond donors (Lipinski definition) is 1. The molecule has 0 atom stereocenters. The maximum Gasteiger partial charge on any atom is 0.0218 e. The fourth-order valence-corrected chi connectivity index (χ4v) is 2.64. The van der Waals surface area contributed by atoms with Gasteiger partial charge in [-0.25, -0.2) is 0 Å². The van der Waals surface area contributed by atoms with Crippen molar-refractivity contribution in [1.29, 1.82) is 0 Å². The lowest BCUT2D eigenvalue weighted by Gasteiger charge is -2.12. The Morgan fingerprint density at radius 1 is 1.40 bits per heavy atom. The molecule has 0 radical (unpaired) electrons. The van der Waals surface area contributed by atoms with Crippen LogP contribution >= 0.6 is 27.7 Å². The average Bonchev–Trinajstić information content (AvgIpc) is 2.17. The van der Waals surface area contributed by atoms with Crippen LogP contribution in [0.1, 0.15) is 26.3 Å². The van der Waals surface area contributed by atoms with Gasteiger partial charge in [-0.2, -0.15) is 0 Å². The quantitative estimate of drug-likeness (QED) is 0.820. The van der Waals surface area contributed by atoms with Crippen LogP contribution in [-0.2, 0) is 6.54 Å². The number of halogens is 1. The van der Waals surface area contributed by atoms with E-state index in [1.165, 1.54) is 10.5 Å². The van der Waals surface area contributed by atoms with Gasteiger partial charge in [0, 0.05) is 22.0 Å². The molecule has 0 bridgehead atoms. The Kier molecular flexibility index (Phi) is 5.72. The predicted molar refractivity (Wildman–Crippen MR) is 72.5 cm³/mol. The van der Waals surface area contributed by atoms with Crippen LogP contribution < -0.4 is 5.32 Å². The van der Waals surface area contributed by atoms with E-state index in [9.17, 15) is 0 Å². The molecule has 1 aromatic carbocycles. The van der Waals surface area contributed by atoms with Crippen molar-refractivity contribution in [2.24, 2.45) is 0 Å². The Balaban J connectivity index is 2.76. The van der Waals surface area contributed by atoms with Crippen molar-refractivity contribution >= 4 is 27.7 Å². The van der Waals surface area contributed by atoms with Crippen LogP contribution in [0.4, 0.5) is 0 Å². The topological polar surface area (TPSA) is 12.0 Å². The lowest BCUT2D eigenvalue weighted by Crippen LogP contribution is -2.22. The molecule has 15 heavy (non-hydrogen) atoms. The first-order valence-corrected chi connectivity index (χ1v) is 7.06. The van der Waals surface area contributed by atoms with Crippen molar-refractivity contribution in [1.82, 2.24) is 5.32 Å². The maximum absolute atomic E-state index is 3.51. The van der Waals surface area contributed by atoms with Crippen molar-refractivity contribution in [2.75, 3.05) is 5.75 Å². The van der Waals surface area contributed by atoms with Crippen LogP contribution in [0.25, 0.3) is 0 Å². The first kappa shape index (κ1) is 13.1. The summed E-state index contributed by atoms with van der Waals surface area (Å²) >= 11 is 5.41. The highest BCUT2D eigenvalue weighted by atomic mass is 79.9. The van der Waals surface area contributed by atoms with Crippen molar-refractivity contribution in [3.63, 3.8) is 0 Å². The van der Waals surface area contributed by atoms with Gasteiger partial charge in [0.2, 0.25) is 0 Å². The largest absolute Gasteiger partial charge is 0.310 e. The maximum atomic E-state index is 3.51. The van der Waals surface area contributed by atoms with Crippen molar-refractivity contribution in [3.05, 3.63) is 28.2 Å². The monoisotopic (exact) mass is 287 g/mol. The van der Waals surface area contributed by atoms with Gasteiger partial charge in [-0.05, 0) is 23.4 Å². The molecule has 1 rings (SSSR count). The highest BCUT2D eigenvalue weighted by molar-refractivity contribution is 9.10. The molecular formula is C12H18BrNS. The van der Waals surface area contributed by atoms with Gasteiger partial charge < -0.3 is 5.32 Å². The van der Waals surface area contributed by atoms with Gasteiger partial charge in [0.25, 0.3) is 0 Å². The molecule has 0 aliphatic heterocycles. The average molecular weight is 288 g/mol. The summed E-state index contributed by atoms with van der Waals surface area (Å²) in [6.45, 7) is 7.48. The van der Waals surface area contributed by atoms with Crippen molar-refractivity contribution < 1.29 is 0 Å². The van der Waals surface area contributed by atoms with E-state index >= 15 is 0 Å². The Hall–Kier alpha value is 0.01000. The van der Waals surface area contributed by atoms with Gasteiger partial charge in [-0.15, -0.1) is 11.8 Å². The molecule has 3 heteroatoms. The molecule has 0 aliphatic rings. The lowest BCUT2D eigenvalue weighted by molar-refractivity contribution is 0.584. The van der Waals surface area contributed by atoms with Crippen LogP contribution in [-0.4, -0.2) is 11.8 Å². The predicted octanol–water partition coefficient (Wildman–Crippen LogP) is 4.06. The second-order valence-electron chi connectivity index (χ2n) is 3.72. The summed E-state index contributed by atoms with van der Waals surface area (Å²) in [7, 11) is 0. The van der Waals surface area contributed by atoms with Crippen molar-refractivity contribution in [2.45, 2.75) is 38.3 Å². The summed E-state index contributed by atoms with van der Waals surface area (Å²) in [6.07, 6.45) is 0. The molecule has 0 unspecified atom stereocenters. The molecule has 0 fully saturated rings. The van der Waals surface area contributed by atoms with Gasteiger partial charge in [-0.1, -0.05) is 42.8 Å². The first-order chi connectivity index (χ1) is 7.13. The number of rotatable bonds is 5. The molecule has 0 saturated carbocycles. The summed E-state index contributed by atoms with van der Waals surface area (Å²) < 4.78 is 1.16. The first-order valence-electron chi connectivity index (χ1n) is 5.28. The van der Waals surface area contributed by atoms with Crippen LogP contribution in [0.2, 0.25) is 0 Å². The van der Waals surface area contributed by atoms with Crippen molar-refractivity contribution in [3.8, 4) is 0 Å². The summed E-state index contributed by atoms with van der Waals surface area (Å²) in [5.41, 5.74) is 1.39. The zero-order chi connectivity index (χ0) is 11.3. The number of nitrogens with one attached hydrogen (secondary N) is 1.